The number of nitrogens with two attached hydrogens (primary N) is 1. The van der Waals surface area contributed by atoms with Crippen molar-refractivity contribution < 1.29 is 4.79 Å². The molecule has 0 radical (unpaired) electrons. The molecule has 1 saturated heterocycles. The highest BCUT2D eigenvalue weighted by molar-refractivity contribution is 5.83. The first-order valence-corrected chi connectivity index (χ1v) is 6.87. The van der Waals surface area contributed by atoms with Crippen molar-refractivity contribution in [2.24, 2.45) is 5.73 Å². The number of nitrogens with zero attached hydrogens (tertiary/aromatic N) is 2. The number of piperazine rings is 1. The quantitative estimate of drug-likeness (QED) is 0.776. The van der Waals surface area contributed by atoms with Gasteiger partial charge in [0.05, 0.1) is 0 Å². The maximum absolute atomic E-state index is 12.4. The van der Waals surface area contributed by atoms with E-state index < -0.39 is 0 Å². The molecule has 1 amide bonds. The Morgan fingerprint density at radius 1 is 1.29 bits per heavy atom. The van der Waals surface area contributed by atoms with Crippen molar-refractivity contribution in [1.29, 1.82) is 0 Å². The number of hydrogen-bond acceptors (Lipinski definition) is 3. The highest BCUT2D eigenvalue weighted by Gasteiger charge is 2.38. The van der Waals surface area contributed by atoms with Gasteiger partial charge < -0.3 is 10.6 Å². The van der Waals surface area contributed by atoms with Crippen molar-refractivity contribution in [3.8, 4) is 0 Å². The second-order valence-corrected chi connectivity index (χ2v) is 5.55. The van der Waals surface area contributed by atoms with Crippen LogP contribution in [0.4, 0.5) is 0 Å². The summed E-state index contributed by atoms with van der Waals surface area (Å²) in [6.07, 6.45) is 6.23. The molecule has 2 fully saturated rings. The molecule has 1 saturated carbocycles. The van der Waals surface area contributed by atoms with Crippen molar-refractivity contribution >= 4 is 5.91 Å². The van der Waals surface area contributed by atoms with E-state index in [9.17, 15) is 4.79 Å². The van der Waals surface area contributed by atoms with Gasteiger partial charge in [-0.1, -0.05) is 19.3 Å². The zero-order valence-electron chi connectivity index (χ0n) is 11.1. The summed E-state index contributed by atoms with van der Waals surface area (Å²) in [5, 5.41) is 0. The minimum absolute atomic E-state index is 0.110. The lowest BCUT2D eigenvalue weighted by Crippen LogP contribution is -2.64. The van der Waals surface area contributed by atoms with E-state index in [4.69, 9.17) is 5.73 Å². The number of amides is 1. The molecule has 1 heterocycles. The van der Waals surface area contributed by atoms with E-state index in [0.29, 0.717) is 18.6 Å². The van der Waals surface area contributed by atoms with E-state index in [-0.39, 0.29) is 11.9 Å². The molecule has 2 atom stereocenters. The van der Waals surface area contributed by atoms with Crippen LogP contribution in [-0.2, 0) is 4.79 Å². The van der Waals surface area contributed by atoms with Crippen molar-refractivity contribution in [2.45, 2.75) is 57.2 Å². The monoisotopic (exact) mass is 239 g/mol. The summed E-state index contributed by atoms with van der Waals surface area (Å²) in [7, 11) is 2.01. The zero-order chi connectivity index (χ0) is 12.4. The number of carbonyl (C=O) groups excluding carboxylic acids is 1. The number of hydrogen-bond donors (Lipinski definition) is 1. The largest absolute Gasteiger partial charge is 0.337 e. The van der Waals surface area contributed by atoms with Gasteiger partial charge >= 0.3 is 0 Å². The Labute approximate surface area is 104 Å². The third-order valence-corrected chi connectivity index (χ3v) is 4.45. The lowest BCUT2D eigenvalue weighted by molar-refractivity contribution is -0.146. The first-order valence-electron chi connectivity index (χ1n) is 6.87. The fraction of sp³-hybridized carbons (Fsp3) is 0.923. The lowest BCUT2D eigenvalue weighted by atomic mass is 9.92. The average Bonchev–Trinajstić information content (AvgIpc) is 2.36. The fourth-order valence-corrected chi connectivity index (χ4v) is 3.17. The molecule has 0 aromatic carbocycles. The van der Waals surface area contributed by atoms with Gasteiger partial charge in [0.15, 0.2) is 0 Å². The minimum Gasteiger partial charge on any atom is -0.337 e. The molecule has 2 rings (SSSR count). The molecule has 17 heavy (non-hydrogen) atoms. The Hall–Kier alpha value is -0.610. The molecule has 4 nitrogen and oxygen atoms in total. The molecule has 0 aromatic rings. The zero-order valence-corrected chi connectivity index (χ0v) is 11.1. The van der Waals surface area contributed by atoms with Crippen LogP contribution in [0.1, 0.15) is 39.0 Å². The number of rotatable bonds is 2. The van der Waals surface area contributed by atoms with Crippen molar-refractivity contribution in [1.82, 2.24) is 9.80 Å². The van der Waals surface area contributed by atoms with Gasteiger partial charge in [-0.05, 0) is 26.8 Å². The molecule has 0 bridgehead atoms. The fourth-order valence-electron chi connectivity index (χ4n) is 3.17. The maximum atomic E-state index is 12.4. The third-order valence-electron chi connectivity index (χ3n) is 4.45. The van der Waals surface area contributed by atoms with Gasteiger partial charge in [-0.2, -0.15) is 0 Å². The molecular formula is C13H25N3O. The van der Waals surface area contributed by atoms with Gasteiger partial charge in [-0.3, -0.25) is 9.69 Å². The van der Waals surface area contributed by atoms with Gasteiger partial charge in [-0.25, -0.2) is 0 Å². The number of carbonyl (C=O) groups is 1. The Balaban J connectivity index is 2.08. The topological polar surface area (TPSA) is 49.6 Å². The summed E-state index contributed by atoms with van der Waals surface area (Å²) >= 11 is 0. The Bertz CT molecular complexity index is 276. The van der Waals surface area contributed by atoms with E-state index >= 15 is 0 Å². The molecule has 2 unspecified atom stereocenters. The average molecular weight is 239 g/mol. The standard InChI is InChI=1S/C13H25N3O/c1-10-9-16(11-6-4-3-5-7-11)13(17)12(8-14)15(10)2/h10-12H,3-9,14H2,1-2H3. The van der Waals surface area contributed by atoms with E-state index in [1.807, 2.05) is 7.05 Å². The van der Waals surface area contributed by atoms with E-state index in [1.54, 1.807) is 0 Å². The minimum atomic E-state index is -0.110. The SMILES string of the molecule is CC1CN(C2CCCCC2)C(=O)C(CN)N1C. The molecule has 0 spiro atoms. The van der Waals surface area contributed by atoms with Crippen LogP contribution in [0, 0.1) is 0 Å². The van der Waals surface area contributed by atoms with Crippen molar-refractivity contribution in [3.63, 3.8) is 0 Å². The Kier molecular flexibility index (Phi) is 4.05. The smallest absolute Gasteiger partial charge is 0.241 e. The van der Waals surface area contributed by atoms with Crippen LogP contribution in [-0.4, -0.2) is 54.0 Å². The van der Waals surface area contributed by atoms with Crippen LogP contribution in [0.2, 0.25) is 0 Å². The van der Waals surface area contributed by atoms with Gasteiger partial charge in [0.2, 0.25) is 5.91 Å². The summed E-state index contributed by atoms with van der Waals surface area (Å²) in [5.74, 6) is 0.250. The van der Waals surface area contributed by atoms with Gasteiger partial charge in [0, 0.05) is 25.2 Å². The van der Waals surface area contributed by atoms with Crippen LogP contribution in [0.5, 0.6) is 0 Å². The second kappa shape index (κ2) is 5.36. The molecular weight excluding hydrogens is 214 g/mol. The van der Waals surface area contributed by atoms with Gasteiger partial charge in [0.25, 0.3) is 0 Å². The predicted octanol–water partition coefficient (Wildman–Crippen LogP) is 0.809. The lowest BCUT2D eigenvalue weighted by Gasteiger charge is -2.46. The molecule has 2 aliphatic rings. The summed E-state index contributed by atoms with van der Waals surface area (Å²) in [4.78, 5) is 16.7. The predicted molar refractivity (Wildman–Crippen MR) is 68.7 cm³/mol. The van der Waals surface area contributed by atoms with Crippen LogP contribution in [0.3, 0.4) is 0 Å². The van der Waals surface area contributed by atoms with Crippen LogP contribution >= 0.6 is 0 Å². The summed E-state index contributed by atoms with van der Waals surface area (Å²) in [5.41, 5.74) is 5.75. The summed E-state index contributed by atoms with van der Waals surface area (Å²) < 4.78 is 0. The normalized spacial score (nSPS) is 33.1. The van der Waals surface area contributed by atoms with Crippen LogP contribution < -0.4 is 5.73 Å². The van der Waals surface area contributed by atoms with Gasteiger partial charge in [0.1, 0.15) is 6.04 Å². The van der Waals surface area contributed by atoms with Gasteiger partial charge in [-0.15, -0.1) is 0 Å². The number of likely N-dealkylation sites (N-methyl/N-ethyl adjacent to an activating group) is 1. The highest BCUT2D eigenvalue weighted by Crippen LogP contribution is 2.26. The molecule has 1 aliphatic heterocycles. The summed E-state index contributed by atoms with van der Waals surface area (Å²) in [6.45, 7) is 3.49. The molecule has 4 heteroatoms. The molecule has 1 aliphatic carbocycles. The summed E-state index contributed by atoms with van der Waals surface area (Å²) in [6, 6.07) is 0.783. The van der Waals surface area contributed by atoms with Crippen molar-refractivity contribution in [2.75, 3.05) is 20.1 Å². The molecule has 0 aromatic heterocycles. The molecule has 98 valence electrons. The second-order valence-electron chi connectivity index (χ2n) is 5.55. The Morgan fingerprint density at radius 2 is 1.94 bits per heavy atom. The van der Waals surface area contributed by atoms with Crippen LogP contribution in [0.25, 0.3) is 0 Å². The van der Waals surface area contributed by atoms with Crippen molar-refractivity contribution in [3.05, 3.63) is 0 Å². The highest BCUT2D eigenvalue weighted by atomic mass is 16.2. The Morgan fingerprint density at radius 3 is 2.53 bits per heavy atom. The van der Waals surface area contributed by atoms with E-state index in [1.165, 1.54) is 32.1 Å². The van der Waals surface area contributed by atoms with E-state index in [0.717, 1.165) is 6.54 Å². The van der Waals surface area contributed by atoms with E-state index in [2.05, 4.69) is 16.7 Å². The van der Waals surface area contributed by atoms with Crippen LogP contribution in [0.15, 0.2) is 0 Å². The molecule has 2 N–H and O–H groups in total. The first-order chi connectivity index (χ1) is 8.15. The maximum Gasteiger partial charge on any atom is 0.241 e. The third kappa shape index (κ3) is 2.47. The first kappa shape index (κ1) is 12.8.